The number of nitrogen functional groups attached to an aromatic ring is 1. The smallest absolute Gasteiger partial charge is 0.420 e. The van der Waals surface area contributed by atoms with E-state index in [1.54, 1.807) is 6.92 Å². The number of hydrogen-bond acceptors (Lipinski definition) is 9. The number of ether oxygens (including phenoxy) is 2. The molecule has 254 valence electrons. The molecule has 6 heterocycles. The van der Waals surface area contributed by atoms with E-state index in [1.807, 2.05) is 16.7 Å². The molecule has 0 radical (unpaired) electrons. The molecule has 0 bridgehead atoms. The summed E-state index contributed by atoms with van der Waals surface area (Å²) in [7, 11) is 0. The lowest BCUT2D eigenvalue weighted by Crippen LogP contribution is -2.60. The van der Waals surface area contributed by atoms with Gasteiger partial charge in [-0.2, -0.15) is 23.1 Å². The predicted octanol–water partition coefficient (Wildman–Crippen LogP) is 5.66. The SMILES string of the molecule is CC[C@@H]1CN2c3nc(OC[C@@]45CCCN4C[C@H](F)C5)nc4c(F)c(-c5c(Cl)c(N)c(F)c(F)c5C(F)(F)F)nc(c34)O[C@@H](C)[C@@H]2CN1. The fourth-order valence-electron chi connectivity index (χ4n) is 7.47. The first-order chi connectivity index (χ1) is 22.2. The highest BCUT2D eigenvalue weighted by Crippen LogP contribution is 2.49. The monoisotopic (exact) mass is 689 g/mol. The average Bonchev–Trinajstić information content (AvgIpc) is 3.52. The minimum absolute atomic E-state index is 0.00990. The summed E-state index contributed by atoms with van der Waals surface area (Å²) in [5.41, 5.74) is -1.35. The number of benzene rings is 1. The minimum Gasteiger partial charge on any atom is -0.472 e. The topological polar surface area (TPSA) is 102 Å². The summed E-state index contributed by atoms with van der Waals surface area (Å²) in [4.78, 5) is 17.0. The number of alkyl halides is 4. The van der Waals surface area contributed by atoms with Crippen LogP contribution in [-0.4, -0.2) is 82.5 Å². The number of nitrogens with zero attached hydrogens (tertiary/aromatic N) is 5. The Labute approximate surface area is 269 Å². The molecule has 3 N–H and O–H groups in total. The molecule has 0 unspecified atom stereocenters. The van der Waals surface area contributed by atoms with Crippen LogP contribution in [0.4, 0.5) is 42.2 Å². The molecule has 7 rings (SSSR count). The molecule has 1 aromatic carbocycles. The third-order valence-corrected chi connectivity index (χ3v) is 10.2. The third-order valence-electron chi connectivity index (χ3n) is 9.86. The van der Waals surface area contributed by atoms with Crippen molar-refractivity contribution in [2.75, 3.05) is 43.4 Å². The van der Waals surface area contributed by atoms with Crippen molar-refractivity contribution in [1.29, 1.82) is 0 Å². The summed E-state index contributed by atoms with van der Waals surface area (Å²) in [6, 6.07) is -0.677. The van der Waals surface area contributed by atoms with Crippen LogP contribution in [0.15, 0.2) is 0 Å². The maximum atomic E-state index is 16.7. The van der Waals surface area contributed by atoms with Gasteiger partial charge in [-0.15, -0.1) is 0 Å². The van der Waals surface area contributed by atoms with E-state index in [2.05, 4.69) is 20.3 Å². The Bertz CT molecular complexity index is 1760. The number of rotatable bonds is 5. The maximum Gasteiger partial charge on any atom is 0.420 e. The minimum atomic E-state index is -5.53. The second kappa shape index (κ2) is 11.4. The van der Waals surface area contributed by atoms with Gasteiger partial charge in [0.1, 0.15) is 46.9 Å². The van der Waals surface area contributed by atoms with Crippen molar-refractivity contribution in [1.82, 2.24) is 25.2 Å². The Kier molecular flexibility index (Phi) is 7.78. The van der Waals surface area contributed by atoms with Crippen molar-refractivity contribution in [3.8, 4) is 23.1 Å². The summed E-state index contributed by atoms with van der Waals surface area (Å²) >= 11 is 6.10. The highest BCUT2D eigenvalue weighted by Gasteiger charge is 2.50. The van der Waals surface area contributed by atoms with E-state index in [4.69, 9.17) is 26.8 Å². The average molecular weight is 690 g/mol. The molecule has 3 saturated heterocycles. The maximum absolute atomic E-state index is 16.7. The van der Waals surface area contributed by atoms with Gasteiger partial charge >= 0.3 is 12.2 Å². The molecule has 17 heteroatoms. The molecule has 0 aliphatic carbocycles. The van der Waals surface area contributed by atoms with Crippen molar-refractivity contribution in [3.63, 3.8) is 0 Å². The van der Waals surface area contributed by atoms with Crippen LogP contribution >= 0.6 is 11.6 Å². The van der Waals surface area contributed by atoms with E-state index in [-0.39, 0.29) is 54.8 Å². The van der Waals surface area contributed by atoms with E-state index in [9.17, 15) is 26.3 Å². The number of anilines is 2. The van der Waals surface area contributed by atoms with Crippen LogP contribution < -0.4 is 25.4 Å². The van der Waals surface area contributed by atoms with Gasteiger partial charge in [-0.05, 0) is 32.7 Å². The van der Waals surface area contributed by atoms with E-state index in [1.165, 1.54) is 0 Å². The summed E-state index contributed by atoms with van der Waals surface area (Å²) < 4.78 is 116. The number of nitrogens with one attached hydrogen (secondary N) is 1. The van der Waals surface area contributed by atoms with Gasteiger partial charge in [-0.3, -0.25) is 4.90 Å². The molecule has 0 spiro atoms. The molecule has 4 aliphatic rings. The third kappa shape index (κ3) is 5.09. The van der Waals surface area contributed by atoms with Crippen molar-refractivity contribution in [3.05, 3.63) is 28.0 Å². The molecule has 2 aromatic heterocycles. The van der Waals surface area contributed by atoms with Gasteiger partial charge in [0.2, 0.25) is 5.88 Å². The fourth-order valence-corrected chi connectivity index (χ4v) is 7.73. The zero-order chi connectivity index (χ0) is 33.6. The van der Waals surface area contributed by atoms with Crippen LogP contribution in [0.25, 0.3) is 22.2 Å². The first kappa shape index (κ1) is 32.2. The second-order valence-electron chi connectivity index (χ2n) is 12.7. The molecular weight excluding hydrogens is 659 g/mol. The Hall–Kier alpha value is -3.37. The first-order valence-electron chi connectivity index (χ1n) is 15.4. The molecule has 3 aromatic rings. The van der Waals surface area contributed by atoms with E-state index < -0.39 is 74.5 Å². The summed E-state index contributed by atoms with van der Waals surface area (Å²) in [5.74, 6) is -5.99. The highest BCUT2D eigenvalue weighted by molar-refractivity contribution is 6.36. The molecular formula is C30H31ClF7N7O2. The molecule has 47 heavy (non-hydrogen) atoms. The van der Waals surface area contributed by atoms with Crippen LogP contribution in [0.5, 0.6) is 11.9 Å². The summed E-state index contributed by atoms with van der Waals surface area (Å²) in [6.45, 7) is 5.47. The zero-order valence-electron chi connectivity index (χ0n) is 25.3. The number of aromatic nitrogens is 3. The first-order valence-corrected chi connectivity index (χ1v) is 15.7. The lowest BCUT2D eigenvalue weighted by molar-refractivity contribution is -0.139. The summed E-state index contributed by atoms with van der Waals surface area (Å²) in [6.07, 6.45) is -4.75. The number of piperazine rings is 1. The second-order valence-corrected chi connectivity index (χ2v) is 13.0. The number of hydrogen-bond donors (Lipinski definition) is 2. The molecule has 4 aliphatic heterocycles. The standard InChI is InChI=1S/C30H31ClF7N7O2/c1-3-14-10-45-15(8-40-14)12(2)47-27-17-25(42-28(43-26(17)45)46-11-29-5-4-6-44(29)9-13(32)7-29)22(35)24(41-27)16-18(30(36,37)38)20(33)21(34)23(39)19(16)31/h12-15,40H,3-11,39H2,1-2H3/t12-,13+,14+,15-,29-/m0/s1. The normalized spacial score (nSPS) is 27.5. The molecule has 9 nitrogen and oxygen atoms in total. The van der Waals surface area contributed by atoms with Gasteiger partial charge in [0.25, 0.3) is 0 Å². The molecule has 0 amide bonds. The van der Waals surface area contributed by atoms with Gasteiger partial charge < -0.3 is 25.4 Å². The predicted molar refractivity (Wildman–Crippen MR) is 159 cm³/mol. The highest BCUT2D eigenvalue weighted by atomic mass is 35.5. The number of halogens is 8. The Morgan fingerprint density at radius 3 is 2.62 bits per heavy atom. The van der Waals surface area contributed by atoms with Gasteiger partial charge in [-0.1, -0.05) is 18.5 Å². The summed E-state index contributed by atoms with van der Waals surface area (Å²) in [5, 5.41) is 2.29. The van der Waals surface area contributed by atoms with Crippen molar-refractivity contribution in [2.45, 2.75) is 75.6 Å². The lowest BCUT2D eigenvalue weighted by atomic mass is 9.95. The van der Waals surface area contributed by atoms with Crippen LogP contribution in [0.2, 0.25) is 5.02 Å². The Balaban J connectivity index is 1.46. The quantitative estimate of drug-likeness (QED) is 0.200. The van der Waals surface area contributed by atoms with Crippen LogP contribution in [0, 0.1) is 17.5 Å². The largest absolute Gasteiger partial charge is 0.472 e. The van der Waals surface area contributed by atoms with Gasteiger partial charge in [0.05, 0.1) is 22.3 Å². The fraction of sp³-hybridized carbons (Fsp3) is 0.567. The van der Waals surface area contributed by atoms with Gasteiger partial charge in [0.15, 0.2) is 17.5 Å². The zero-order valence-corrected chi connectivity index (χ0v) is 26.1. The van der Waals surface area contributed by atoms with Gasteiger partial charge in [-0.25, -0.2) is 22.5 Å². The van der Waals surface area contributed by atoms with Crippen LogP contribution in [-0.2, 0) is 6.18 Å². The van der Waals surface area contributed by atoms with Crippen LogP contribution in [0.1, 0.15) is 45.1 Å². The van der Waals surface area contributed by atoms with Crippen molar-refractivity contribution in [2.24, 2.45) is 0 Å². The Morgan fingerprint density at radius 1 is 1.13 bits per heavy atom. The van der Waals surface area contributed by atoms with Crippen LogP contribution in [0.3, 0.4) is 0 Å². The van der Waals surface area contributed by atoms with Gasteiger partial charge in [0, 0.05) is 37.7 Å². The molecule has 5 atom stereocenters. The van der Waals surface area contributed by atoms with E-state index >= 15 is 4.39 Å². The Morgan fingerprint density at radius 2 is 1.89 bits per heavy atom. The van der Waals surface area contributed by atoms with E-state index in [0.29, 0.717) is 26.1 Å². The number of pyridine rings is 1. The number of nitrogens with two attached hydrogens (primary N) is 1. The number of fused-ring (bicyclic) bond motifs is 3. The lowest BCUT2D eigenvalue weighted by Gasteiger charge is -2.42. The van der Waals surface area contributed by atoms with E-state index in [0.717, 1.165) is 12.8 Å². The van der Waals surface area contributed by atoms with Crippen molar-refractivity contribution < 1.29 is 40.2 Å². The molecule has 0 saturated carbocycles. The van der Waals surface area contributed by atoms with Crippen molar-refractivity contribution >= 4 is 34.0 Å². The molecule has 3 fully saturated rings.